The molecule has 0 saturated carbocycles. The van der Waals surface area contributed by atoms with E-state index in [1.165, 1.54) is 5.56 Å². The Hall–Kier alpha value is -1.81. The van der Waals surface area contributed by atoms with Crippen LogP contribution in [0.5, 0.6) is 0 Å². The maximum Gasteiger partial charge on any atom is 0.205 e. The molecule has 3 rings (SSSR count). The smallest absolute Gasteiger partial charge is 0.205 e. The van der Waals surface area contributed by atoms with Crippen LogP contribution in [0.1, 0.15) is 5.56 Å². The Bertz CT molecular complexity index is 714. The minimum atomic E-state index is 0.512. The highest BCUT2D eigenvalue weighted by atomic mass is 79.9. The van der Waals surface area contributed by atoms with Gasteiger partial charge in [-0.1, -0.05) is 22.0 Å². The van der Waals surface area contributed by atoms with Gasteiger partial charge in [-0.05, 0) is 48.9 Å². The van der Waals surface area contributed by atoms with Crippen LogP contribution in [-0.2, 0) is 0 Å². The zero-order valence-electron chi connectivity index (χ0n) is 9.89. The largest absolute Gasteiger partial charge is 0.369 e. The van der Waals surface area contributed by atoms with Gasteiger partial charge in [0.1, 0.15) is 0 Å². The van der Waals surface area contributed by atoms with Gasteiger partial charge in [0.15, 0.2) is 0 Å². The molecule has 90 valence electrons. The van der Waals surface area contributed by atoms with Gasteiger partial charge in [-0.3, -0.25) is 4.57 Å². The van der Waals surface area contributed by atoms with E-state index in [0.717, 1.165) is 21.2 Å². The van der Waals surface area contributed by atoms with Crippen molar-refractivity contribution in [3.8, 4) is 5.69 Å². The molecule has 18 heavy (non-hydrogen) atoms. The van der Waals surface area contributed by atoms with Crippen LogP contribution >= 0.6 is 15.9 Å². The predicted molar refractivity (Wildman–Crippen MR) is 77.9 cm³/mol. The van der Waals surface area contributed by atoms with Crippen molar-refractivity contribution in [2.45, 2.75) is 6.92 Å². The Morgan fingerprint density at radius 3 is 2.56 bits per heavy atom. The molecule has 0 unspecified atom stereocenters. The fourth-order valence-electron chi connectivity index (χ4n) is 2.07. The van der Waals surface area contributed by atoms with Crippen molar-refractivity contribution in [1.29, 1.82) is 0 Å². The van der Waals surface area contributed by atoms with Crippen molar-refractivity contribution in [1.82, 2.24) is 9.55 Å². The highest BCUT2D eigenvalue weighted by molar-refractivity contribution is 9.10. The molecule has 0 bridgehead atoms. The minimum Gasteiger partial charge on any atom is -0.369 e. The van der Waals surface area contributed by atoms with Crippen LogP contribution in [-0.4, -0.2) is 9.55 Å². The fraction of sp³-hybridized carbons (Fsp3) is 0.0714. The van der Waals surface area contributed by atoms with Crippen LogP contribution in [0.25, 0.3) is 16.7 Å². The second kappa shape index (κ2) is 4.14. The summed E-state index contributed by atoms with van der Waals surface area (Å²) in [5.41, 5.74) is 10.2. The van der Waals surface area contributed by atoms with Crippen LogP contribution in [0.3, 0.4) is 0 Å². The number of imidazole rings is 1. The van der Waals surface area contributed by atoms with E-state index in [2.05, 4.69) is 33.0 Å². The first kappa shape index (κ1) is 11.3. The maximum absolute atomic E-state index is 6.01. The summed E-state index contributed by atoms with van der Waals surface area (Å²) in [7, 11) is 0. The van der Waals surface area contributed by atoms with Crippen molar-refractivity contribution in [2.75, 3.05) is 5.73 Å². The lowest BCUT2D eigenvalue weighted by atomic mass is 10.2. The van der Waals surface area contributed by atoms with Crippen LogP contribution in [0, 0.1) is 6.92 Å². The minimum absolute atomic E-state index is 0.512. The van der Waals surface area contributed by atoms with Gasteiger partial charge >= 0.3 is 0 Å². The number of hydrogen-bond donors (Lipinski definition) is 1. The monoisotopic (exact) mass is 301 g/mol. The quantitative estimate of drug-likeness (QED) is 0.745. The fourth-order valence-corrected chi connectivity index (χ4v) is 2.33. The summed E-state index contributed by atoms with van der Waals surface area (Å²) in [6, 6.07) is 14.2. The topological polar surface area (TPSA) is 43.8 Å². The van der Waals surface area contributed by atoms with E-state index in [9.17, 15) is 0 Å². The van der Waals surface area contributed by atoms with Gasteiger partial charge in [0.05, 0.1) is 11.0 Å². The Balaban J connectivity index is 2.28. The Kier molecular flexibility index (Phi) is 2.59. The summed E-state index contributed by atoms with van der Waals surface area (Å²) in [4.78, 5) is 4.40. The zero-order chi connectivity index (χ0) is 12.7. The predicted octanol–water partition coefficient (Wildman–Crippen LogP) is 3.68. The molecule has 1 heterocycles. The molecule has 0 saturated heterocycles. The van der Waals surface area contributed by atoms with E-state index in [0.29, 0.717) is 5.95 Å². The highest BCUT2D eigenvalue weighted by Gasteiger charge is 2.09. The number of aryl methyl sites for hydroxylation is 1. The van der Waals surface area contributed by atoms with Gasteiger partial charge in [0, 0.05) is 10.2 Å². The maximum atomic E-state index is 6.01. The Labute approximate surface area is 113 Å². The molecule has 3 aromatic rings. The van der Waals surface area contributed by atoms with Crippen molar-refractivity contribution in [3.05, 3.63) is 52.5 Å². The van der Waals surface area contributed by atoms with Gasteiger partial charge in [0.2, 0.25) is 5.95 Å². The summed E-state index contributed by atoms with van der Waals surface area (Å²) < 4.78 is 3.01. The lowest BCUT2D eigenvalue weighted by molar-refractivity contribution is 1.11. The number of hydrogen-bond acceptors (Lipinski definition) is 2. The normalized spacial score (nSPS) is 11.0. The van der Waals surface area contributed by atoms with E-state index in [1.54, 1.807) is 0 Å². The summed E-state index contributed by atoms with van der Waals surface area (Å²) in [6.07, 6.45) is 0. The molecule has 0 spiro atoms. The van der Waals surface area contributed by atoms with Crippen molar-refractivity contribution in [3.63, 3.8) is 0 Å². The lowest BCUT2D eigenvalue weighted by Crippen LogP contribution is -2.00. The molecule has 0 radical (unpaired) electrons. The van der Waals surface area contributed by atoms with Crippen molar-refractivity contribution in [2.24, 2.45) is 0 Å². The molecule has 3 nitrogen and oxygen atoms in total. The van der Waals surface area contributed by atoms with E-state index in [-0.39, 0.29) is 0 Å². The number of nitrogens with two attached hydrogens (primary N) is 1. The molecule has 0 fully saturated rings. The summed E-state index contributed by atoms with van der Waals surface area (Å²) >= 11 is 3.43. The lowest BCUT2D eigenvalue weighted by Gasteiger charge is -2.06. The molecule has 0 aliphatic carbocycles. The number of rotatable bonds is 1. The Morgan fingerprint density at radius 1 is 1.11 bits per heavy atom. The number of benzene rings is 2. The first-order valence-corrected chi connectivity index (χ1v) is 6.45. The third kappa shape index (κ3) is 1.78. The molecule has 2 aromatic carbocycles. The van der Waals surface area contributed by atoms with E-state index in [1.807, 2.05) is 41.8 Å². The standard InChI is InChI=1S/C14H12BrN3/c1-9-2-7-13-12(8-9)17-14(16)18(13)11-5-3-10(15)4-6-11/h2-8H,1H3,(H2,16,17). The first-order valence-electron chi connectivity index (χ1n) is 5.66. The molecule has 1 aromatic heterocycles. The molecular formula is C14H12BrN3. The number of fused-ring (bicyclic) bond motifs is 1. The van der Waals surface area contributed by atoms with E-state index >= 15 is 0 Å². The van der Waals surface area contributed by atoms with Gasteiger partial charge in [-0.25, -0.2) is 4.98 Å². The van der Waals surface area contributed by atoms with E-state index in [4.69, 9.17) is 5.73 Å². The zero-order valence-corrected chi connectivity index (χ0v) is 11.5. The Morgan fingerprint density at radius 2 is 1.83 bits per heavy atom. The van der Waals surface area contributed by atoms with Crippen LogP contribution < -0.4 is 5.73 Å². The third-order valence-electron chi connectivity index (χ3n) is 2.92. The summed E-state index contributed by atoms with van der Waals surface area (Å²) in [5.74, 6) is 0.512. The number of halogens is 1. The number of nitrogens with zero attached hydrogens (tertiary/aromatic N) is 2. The molecule has 0 atom stereocenters. The SMILES string of the molecule is Cc1ccc2c(c1)nc(N)n2-c1ccc(Br)cc1. The summed E-state index contributed by atoms with van der Waals surface area (Å²) in [5, 5.41) is 0. The first-order chi connectivity index (χ1) is 8.65. The molecular weight excluding hydrogens is 290 g/mol. The van der Waals surface area contributed by atoms with Gasteiger partial charge in [-0.2, -0.15) is 0 Å². The molecule has 0 amide bonds. The highest BCUT2D eigenvalue weighted by Crippen LogP contribution is 2.24. The average molecular weight is 302 g/mol. The summed E-state index contributed by atoms with van der Waals surface area (Å²) in [6.45, 7) is 2.05. The molecule has 0 aliphatic rings. The molecule has 2 N–H and O–H groups in total. The van der Waals surface area contributed by atoms with Gasteiger partial charge in [0.25, 0.3) is 0 Å². The third-order valence-corrected chi connectivity index (χ3v) is 3.45. The van der Waals surface area contributed by atoms with Gasteiger partial charge in [-0.15, -0.1) is 0 Å². The number of nitrogen functional groups attached to an aromatic ring is 1. The van der Waals surface area contributed by atoms with Gasteiger partial charge < -0.3 is 5.73 Å². The van der Waals surface area contributed by atoms with Crippen molar-refractivity contribution >= 4 is 32.9 Å². The number of aromatic nitrogens is 2. The van der Waals surface area contributed by atoms with Crippen molar-refractivity contribution < 1.29 is 0 Å². The number of anilines is 1. The molecule has 4 heteroatoms. The average Bonchev–Trinajstić information content (AvgIpc) is 2.65. The second-order valence-electron chi connectivity index (χ2n) is 4.27. The van der Waals surface area contributed by atoms with Crippen LogP contribution in [0.15, 0.2) is 46.9 Å². The second-order valence-corrected chi connectivity index (χ2v) is 5.19. The van der Waals surface area contributed by atoms with Crippen LogP contribution in [0.2, 0.25) is 0 Å². The van der Waals surface area contributed by atoms with E-state index < -0.39 is 0 Å². The molecule has 0 aliphatic heterocycles. The van der Waals surface area contributed by atoms with Crippen LogP contribution in [0.4, 0.5) is 5.95 Å².